The molecule has 8 unspecified atom stereocenters. The van der Waals surface area contributed by atoms with Crippen LogP contribution in [-0.2, 0) is 4.74 Å². The molecule has 4 aliphatic rings. The van der Waals surface area contributed by atoms with Crippen LogP contribution >= 0.6 is 0 Å². The normalized spacial score (nSPS) is 46.3. The minimum Gasteiger partial charge on any atom is -0.393 e. The lowest BCUT2D eigenvalue weighted by Gasteiger charge is -2.59. The highest BCUT2D eigenvalue weighted by atomic mass is 16.5. The third-order valence-electron chi connectivity index (χ3n) is 9.57. The second kappa shape index (κ2) is 8.04. The molecular formula is C25H42O3. The van der Waals surface area contributed by atoms with Gasteiger partial charge in [-0.2, -0.15) is 0 Å². The van der Waals surface area contributed by atoms with Crippen LogP contribution < -0.4 is 0 Å². The zero-order valence-corrected chi connectivity index (χ0v) is 18.3. The van der Waals surface area contributed by atoms with Crippen molar-refractivity contribution >= 4 is 0 Å². The molecule has 8 atom stereocenters. The van der Waals surface area contributed by atoms with E-state index in [1.807, 2.05) is 14.0 Å². The first-order valence-electron chi connectivity index (χ1n) is 12.0. The van der Waals surface area contributed by atoms with E-state index in [1.54, 1.807) is 0 Å². The molecule has 0 aromatic heterocycles. The van der Waals surface area contributed by atoms with Crippen LogP contribution in [0, 0.1) is 34.5 Å². The zero-order chi connectivity index (χ0) is 19.9. The van der Waals surface area contributed by atoms with Crippen molar-refractivity contribution in [1.82, 2.24) is 0 Å². The molecule has 0 aromatic carbocycles. The monoisotopic (exact) mass is 390 g/mol. The lowest BCUT2D eigenvalue weighted by atomic mass is 9.47. The molecule has 3 fully saturated rings. The molecule has 0 heterocycles. The maximum Gasteiger partial charge on any atom is 0.0577 e. The third-order valence-corrected chi connectivity index (χ3v) is 9.57. The quantitative estimate of drug-likeness (QED) is 0.620. The molecule has 0 bridgehead atoms. The van der Waals surface area contributed by atoms with E-state index < -0.39 is 0 Å². The van der Waals surface area contributed by atoms with Crippen molar-refractivity contribution in [1.29, 1.82) is 0 Å². The van der Waals surface area contributed by atoms with Gasteiger partial charge < -0.3 is 14.9 Å². The number of aliphatic hydroxyl groups is 2. The van der Waals surface area contributed by atoms with Crippen LogP contribution in [0.3, 0.4) is 0 Å². The molecule has 0 saturated heterocycles. The zero-order valence-electron chi connectivity index (χ0n) is 18.3. The minimum absolute atomic E-state index is 0.147. The van der Waals surface area contributed by atoms with E-state index >= 15 is 0 Å². The van der Waals surface area contributed by atoms with Crippen molar-refractivity contribution in [2.24, 2.45) is 34.5 Å². The summed E-state index contributed by atoms with van der Waals surface area (Å²) in [5.74, 6) is 3.24. The molecule has 4 aliphatic carbocycles. The van der Waals surface area contributed by atoms with Crippen molar-refractivity contribution in [2.45, 2.75) is 96.7 Å². The van der Waals surface area contributed by atoms with Gasteiger partial charge >= 0.3 is 0 Å². The first-order chi connectivity index (χ1) is 13.4. The molecule has 4 rings (SSSR count). The Morgan fingerprint density at radius 3 is 2.75 bits per heavy atom. The molecule has 0 amide bonds. The molecule has 0 aromatic rings. The van der Waals surface area contributed by atoms with Crippen LogP contribution in [0.25, 0.3) is 0 Å². The number of rotatable bonds is 6. The fourth-order valence-corrected chi connectivity index (χ4v) is 8.21. The Morgan fingerprint density at radius 1 is 1.18 bits per heavy atom. The fourth-order valence-electron chi connectivity index (χ4n) is 8.21. The third kappa shape index (κ3) is 3.40. The number of fused-ring (bicyclic) bond motifs is 5. The molecule has 3 saturated carbocycles. The van der Waals surface area contributed by atoms with Gasteiger partial charge in [0.2, 0.25) is 0 Å². The summed E-state index contributed by atoms with van der Waals surface area (Å²) in [7, 11) is 1.86. The molecule has 0 radical (unpaired) electrons. The molecule has 28 heavy (non-hydrogen) atoms. The number of ether oxygens (including phenoxy) is 1. The van der Waals surface area contributed by atoms with Gasteiger partial charge in [0, 0.05) is 12.5 Å². The van der Waals surface area contributed by atoms with Crippen molar-refractivity contribution in [3.8, 4) is 0 Å². The largest absolute Gasteiger partial charge is 0.393 e. The first kappa shape index (κ1) is 20.9. The van der Waals surface area contributed by atoms with Gasteiger partial charge in [0.15, 0.2) is 0 Å². The van der Waals surface area contributed by atoms with E-state index in [-0.39, 0.29) is 17.6 Å². The summed E-state index contributed by atoms with van der Waals surface area (Å²) in [5.41, 5.74) is 2.21. The van der Waals surface area contributed by atoms with E-state index in [0.717, 1.165) is 56.0 Å². The van der Waals surface area contributed by atoms with Gasteiger partial charge in [0.25, 0.3) is 0 Å². The summed E-state index contributed by atoms with van der Waals surface area (Å²) >= 11 is 0. The van der Waals surface area contributed by atoms with E-state index in [2.05, 4.69) is 13.0 Å². The summed E-state index contributed by atoms with van der Waals surface area (Å²) in [6.07, 6.45) is 15.3. The number of aliphatic hydroxyl groups excluding tert-OH is 2. The Hall–Kier alpha value is -0.380. The molecule has 0 spiro atoms. The van der Waals surface area contributed by atoms with Crippen LogP contribution in [0.2, 0.25) is 0 Å². The van der Waals surface area contributed by atoms with Crippen molar-refractivity contribution in [2.75, 3.05) is 13.7 Å². The topological polar surface area (TPSA) is 49.7 Å². The Kier molecular flexibility index (Phi) is 5.99. The molecule has 2 N–H and O–H groups in total. The van der Waals surface area contributed by atoms with Crippen molar-refractivity contribution < 1.29 is 14.9 Å². The van der Waals surface area contributed by atoms with Crippen LogP contribution in [0.4, 0.5) is 0 Å². The summed E-state index contributed by atoms with van der Waals surface area (Å²) < 4.78 is 5.81. The van der Waals surface area contributed by atoms with Gasteiger partial charge in [-0.05, 0) is 100 Å². The highest BCUT2D eigenvalue weighted by Crippen LogP contribution is 2.66. The van der Waals surface area contributed by atoms with Crippen LogP contribution in [-0.4, -0.2) is 36.1 Å². The maximum atomic E-state index is 10.3. The first-order valence-corrected chi connectivity index (χ1v) is 12.0. The van der Waals surface area contributed by atoms with Gasteiger partial charge in [-0.15, -0.1) is 0 Å². The lowest BCUT2D eigenvalue weighted by molar-refractivity contribution is -0.0814. The second-order valence-electron chi connectivity index (χ2n) is 10.9. The van der Waals surface area contributed by atoms with E-state index in [9.17, 15) is 10.2 Å². The number of allylic oxidation sites excluding steroid dienone is 1. The molecular weight excluding hydrogens is 348 g/mol. The summed E-state index contributed by atoms with van der Waals surface area (Å²) in [5, 5.41) is 19.9. The second-order valence-corrected chi connectivity index (χ2v) is 10.9. The smallest absolute Gasteiger partial charge is 0.0577 e. The van der Waals surface area contributed by atoms with Gasteiger partial charge in [0.1, 0.15) is 0 Å². The Balaban J connectivity index is 1.54. The fraction of sp³-hybridized carbons (Fsp3) is 0.920. The van der Waals surface area contributed by atoms with E-state index in [0.29, 0.717) is 5.41 Å². The summed E-state index contributed by atoms with van der Waals surface area (Å²) in [6.45, 7) is 5.36. The SMILES string of the molecule is COCC12CCC(O)CC1=CCC1C2CCC2(C)C(CCCC(C)O)CCC12. The van der Waals surface area contributed by atoms with Gasteiger partial charge in [0.05, 0.1) is 18.8 Å². The van der Waals surface area contributed by atoms with Gasteiger partial charge in [-0.1, -0.05) is 25.0 Å². The van der Waals surface area contributed by atoms with Gasteiger partial charge in [-0.25, -0.2) is 0 Å². The van der Waals surface area contributed by atoms with Crippen LogP contribution in [0.5, 0.6) is 0 Å². The van der Waals surface area contributed by atoms with E-state index in [4.69, 9.17) is 4.74 Å². The Labute approximate surface area is 171 Å². The highest BCUT2D eigenvalue weighted by molar-refractivity contribution is 5.26. The minimum atomic E-state index is -0.154. The standard InChI is InChI=1S/C25H42O3/c1-17(26)5-4-6-18-8-10-22-21-9-7-19-15-20(27)11-14-25(19,16-28-3)23(21)12-13-24(18,22)2/h7,17-18,20-23,26-27H,4-6,8-16H2,1-3H3. The molecule has 3 nitrogen and oxygen atoms in total. The highest BCUT2D eigenvalue weighted by Gasteiger charge is 2.59. The Morgan fingerprint density at radius 2 is 2.00 bits per heavy atom. The number of methoxy groups -OCH3 is 1. The molecule has 0 aliphatic heterocycles. The predicted molar refractivity (Wildman–Crippen MR) is 113 cm³/mol. The van der Waals surface area contributed by atoms with Crippen LogP contribution in [0.15, 0.2) is 11.6 Å². The Bertz CT molecular complexity index is 584. The molecule has 160 valence electrons. The predicted octanol–water partition coefficient (Wildman–Crippen LogP) is 5.10. The lowest BCUT2D eigenvalue weighted by Crippen LogP contribution is -2.53. The van der Waals surface area contributed by atoms with Gasteiger partial charge in [-0.3, -0.25) is 0 Å². The summed E-state index contributed by atoms with van der Waals surface area (Å²) in [6, 6.07) is 0. The van der Waals surface area contributed by atoms with Crippen molar-refractivity contribution in [3.05, 3.63) is 11.6 Å². The number of hydrogen-bond donors (Lipinski definition) is 2. The van der Waals surface area contributed by atoms with E-state index in [1.165, 1.54) is 50.5 Å². The summed E-state index contributed by atoms with van der Waals surface area (Å²) in [4.78, 5) is 0. The average molecular weight is 391 g/mol. The molecule has 3 heteroatoms. The maximum absolute atomic E-state index is 10.3. The average Bonchev–Trinajstić information content (AvgIpc) is 2.99. The van der Waals surface area contributed by atoms with Crippen molar-refractivity contribution in [3.63, 3.8) is 0 Å². The number of hydrogen-bond acceptors (Lipinski definition) is 3. The van der Waals surface area contributed by atoms with Crippen LogP contribution in [0.1, 0.15) is 84.5 Å².